The average molecular weight is 380 g/mol. The Morgan fingerprint density at radius 1 is 1.35 bits per heavy atom. The predicted octanol–water partition coefficient (Wildman–Crippen LogP) is 1.43. The Morgan fingerprint density at radius 2 is 2.12 bits per heavy atom. The van der Waals surface area contributed by atoms with Crippen LogP contribution in [0.5, 0.6) is 0 Å². The Labute approximate surface area is 156 Å². The lowest BCUT2D eigenvalue weighted by Gasteiger charge is -2.34. The maximum atomic E-state index is 13.1. The van der Waals surface area contributed by atoms with E-state index in [1.807, 2.05) is 18.2 Å². The highest BCUT2D eigenvalue weighted by Gasteiger charge is 2.50. The van der Waals surface area contributed by atoms with E-state index in [1.54, 1.807) is 18.1 Å². The normalized spacial score (nSPS) is 28.1. The molecular formula is C19H29N3O3S. The van der Waals surface area contributed by atoms with Crippen molar-refractivity contribution in [1.29, 1.82) is 0 Å². The molecule has 0 radical (unpaired) electrons. The monoisotopic (exact) mass is 379 g/mol. The van der Waals surface area contributed by atoms with Gasteiger partial charge in [0.15, 0.2) is 9.84 Å². The van der Waals surface area contributed by atoms with Crippen LogP contribution in [0.1, 0.15) is 26.0 Å². The van der Waals surface area contributed by atoms with Crippen molar-refractivity contribution in [2.45, 2.75) is 32.1 Å². The zero-order valence-electron chi connectivity index (χ0n) is 15.8. The van der Waals surface area contributed by atoms with Gasteiger partial charge in [-0.15, -0.1) is 0 Å². The van der Waals surface area contributed by atoms with Crippen molar-refractivity contribution in [2.24, 2.45) is 17.8 Å². The Kier molecular flexibility index (Phi) is 5.67. The number of pyridine rings is 1. The van der Waals surface area contributed by atoms with Crippen molar-refractivity contribution in [3.8, 4) is 0 Å². The molecule has 0 N–H and O–H groups in total. The molecule has 2 saturated heterocycles. The smallest absolute Gasteiger partial charge is 0.226 e. The van der Waals surface area contributed by atoms with E-state index in [0.29, 0.717) is 32.0 Å². The van der Waals surface area contributed by atoms with Crippen molar-refractivity contribution in [3.63, 3.8) is 0 Å². The van der Waals surface area contributed by atoms with Crippen LogP contribution in [0, 0.1) is 17.8 Å². The molecule has 0 bridgehead atoms. The zero-order chi connectivity index (χ0) is 18.9. The summed E-state index contributed by atoms with van der Waals surface area (Å²) in [6, 6.07) is 5.66. The highest BCUT2D eigenvalue weighted by atomic mass is 32.2. The molecule has 144 valence electrons. The second kappa shape index (κ2) is 7.64. The highest BCUT2D eigenvalue weighted by Crippen LogP contribution is 2.38. The molecule has 3 atom stereocenters. The number of fused-ring (bicyclic) bond motifs is 1. The van der Waals surface area contributed by atoms with Crippen LogP contribution in [0.4, 0.5) is 0 Å². The zero-order valence-corrected chi connectivity index (χ0v) is 16.7. The van der Waals surface area contributed by atoms with Crippen LogP contribution in [0.15, 0.2) is 24.4 Å². The Hall–Kier alpha value is -1.47. The van der Waals surface area contributed by atoms with Crippen molar-refractivity contribution in [3.05, 3.63) is 30.1 Å². The fourth-order valence-electron chi connectivity index (χ4n) is 4.37. The SMILES string of the molecule is CC(C)CN1C[C@H]2[C@H](C(=O)N(C)Cc3ccccn3)CCS(=O)(=O)[C@H]2C1. The number of aromatic nitrogens is 1. The third-order valence-corrected chi connectivity index (χ3v) is 7.74. The molecule has 0 spiro atoms. The van der Waals surface area contributed by atoms with Gasteiger partial charge in [0.2, 0.25) is 5.91 Å². The van der Waals surface area contributed by atoms with Gasteiger partial charge in [-0.05, 0) is 24.5 Å². The van der Waals surface area contributed by atoms with E-state index in [0.717, 1.165) is 12.2 Å². The first-order valence-corrected chi connectivity index (χ1v) is 11.1. The van der Waals surface area contributed by atoms with Gasteiger partial charge < -0.3 is 9.80 Å². The Balaban J connectivity index is 1.73. The van der Waals surface area contributed by atoms with E-state index in [9.17, 15) is 13.2 Å². The van der Waals surface area contributed by atoms with E-state index < -0.39 is 15.1 Å². The molecule has 0 unspecified atom stereocenters. The van der Waals surface area contributed by atoms with Gasteiger partial charge in [0, 0.05) is 44.7 Å². The topological polar surface area (TPSA) is 70.6 Å². The summed E-state index contributed by atoms with van der Waals surface area (Å²) in [5, 5.41) is -0.396. The third kappa shape index (κ3) is 4.09. The second-order valence-electron chi connectivity index (χ2n) is 8.09. The van der Waals surface area contributed by atoms with E-state index in [4.69, 9.17) is 0 Å². The summed E-state index contributed by atoms with van der Waals surface area (Å²) < 4.78 is 25.1. The maximum Gasteiger partial charge on any atom is 0.226 e. The molecule has 0 aliphatic carbocycles. The second-order valence-corrected chi connectivity index (χ2v) is 10.4. The molecule has 0 aromatic carbocycles. The number of hydrogen-bond acceptors (Lipinski definition) is 5. The molecule has 2 aliphatic heterocycles. The van der Waals surface area contributed by atoms with Crippen LogP contribution >= 0.6 is 0 Å². The molecule has 3 rings (SSSR count). The fourth-order valence-corrected chi connectivity index (χ4v) is 6.50. The van der Waals surface area contributed by atoms with E-state index in [-0.39, 0.29) is 23.5 Å². The highest BCUT2D eigenvalue weighted by molar-refractivity contribution is 7.92. The first-order chi connectivity index (χ1) is 12.3. The Bertz CT molecular complexity index is 736. The molecule has 3 heterocycles. The number of hydrogen-bond donors (Lipinski definition) is 0. The van der Waals surface area contributed by atoms with Crippen molar-refractivity contribution in [1.82, 2.24) is 14.8 Å². The molecule has 6 nitrogen and oxygen atoms in total. The van der Waals surface area contributed by atoms with Crippen LogP contribution in [0.3, 0.4) is 0 Å². The average Bonchev–Trinajstić information content (AvgIpc) is 2.99. The van der Waals surface area contributed by atoms with Gasteiger partial charge in [0.05, 0.1) is 23.2 Å². The number of sulfone groups is 1. The van der Waals surface area contributed by atoms with Gasteiger partial charge in [0.25, 0.3) is 0 Å². The largest absolute Gasteiger partial charge is 0.340 e. The van der Waals surface area contributed by atoms with Gasteiger partial charge in [0.1, 0.15) is 0 Å². The number of carbonyl (C=O) groups excluding carboxylic acids is 1. The first-order valence-electron chi connectivity index (χ1n) is 9.36. The summed E-state index contributed by atoms with van der Waals surface area (Å²) in [4.78, 5) is 21.3. The lowest BCUT2D eigenvalue weighted by molar-refractivity contribution is -0.136. The molecule has 1 aromatic rings. The van der Waals surface area contributed by atoms with Crippen molar-refractivity contribution >= 4 is 15.7 Å². The Morgan fingerprint density at radius 3 is 2.77 bits per heavy atom. The van der Waals surface area contributed by atoms with Gasteiger partial charge in [-0.2, -0.15) is 0 Å². The minimum atomic E-state index is -3.10. The van der Waals surface area contributed by atoms with Crippen molar-refractivity contribution < 1.29 is 13.2 Å². The number of nitrogens with zero attached hydrogens (tertiary/aromatic N) is 3. The van der Waals surface area contributed by atoms with Gasteiger partial charge >= 0.3 is 0 Å². The standard InChI is InChI=1S/C19H29N3O3S/c1-14(2)10-22-12-17-16(7-9-26(24,25)18(17)13-22)19(23)21(3)11-15-6-4-5-8-20-15/h4-6,8,14,16-18H,7,9-13H2,1-3H3/t16-,17+,18+/m1/s1. The summed E-state index contributed by atoms with van der Waals surface area (Å²) in [5.74, 6) is 0.351. The third-order valence-electron chi connectivity index (χ3n) is 5.52. The van der Waals surface area contributed by atoms with E-state index >= 15 is 0 Å². The van der Waals surface area contributed by atoms with Gasteiger partial charge in [-0.3, -0.25) is 9.78 Å². The van der Waals surface area contributed by atoms with Gasteiger partial charge in [-0.25, -0.2) is 8.42 Å². The maximum absolute atomic E-state index is 13.1. The number of rotatable bonds is 5. The molecule has 2 aliphatic rings. The summed E-state index contributed by atoms with van der Waals surface area (Å²) in [7, 11) is -1.32. The summed E-state index contributed by atoms with van der Waals surface area (Å²) in [6.07, 6.45) is 2.15. The minimum absolute atomic E-state index is 0.0481. The lowest BCUT2D eigenvalue weighted by Crippen LogP contribution is -2.47. The summed E-state index contributed by atoms with van der Waals surface area (Å²) >= 11 is 0. The molecule has 26 heavy (non-hydrogen) atoms. The quantitative estimate of drug-likeness (QED) is 0.774. The molecular weight excluding hydrogens is 350 g/mol. The van der Waals surface area contributed by atoms with Crippen molar-refractivity contribution in [2.75, 3.05) is 32.4 Å². The molecule has 2 fully saturated rings. The summed E-state index contributed by atoms with van der Waals surface area (Å²) in [5.41, 5.74) is 0.844. The molecule has 7 heteroatoms. The number of amides is 1. The molecule has 0 saturated carbocycles. The van der Waals surface area contributed by atoms with Crippen LogP contribution in [-0.2, 0) is 21.2 Å². The van der Waals surface area contributed by atoms with Crippen LogP contribution in [0.25, 0.3) is 0 Å². The fraction of sp³-hybridized carbons (Fsp3) is 0.684. The molecule has 1 amide bonds. The van der Waals surface area contributed by atoms with Gasteiger partial charge in [-0.1, -0.05) is 19.9 Å². The first kappa shape index (κ1) is 19.3. The number of carbonyl (C=O) groups is 1. The predicted molar refractivity (Wildman–Crippen MR) is 101 cm³/mol. The van der Waals surface area contributed by atoms with Crippen LogP contribution in [0.2, 0.25) is 0 Å². The minimum Gasteiger partial charge on any atom is -0.340 e. The molecule has 1 aromatic heterocycles. The number of likely N-dealkylation sites (tertiary alicyclic amines) is 1. The van der Waals surface area contributed by atoms with E-state index in [1.165, 1.54) is 0 Å². The lowest BCUT2D eigenvalue weighted by atomic mass is 9.87. The van der Waals surface area contributed by atoms with Crippen LogP contribution < -0.4 is 0 Å². The summed E-state index contributed by atoms with van der Waals surface area (Å²) in [6.45, 7) is 6.89. The van der Waals surface area contributed by atoms with E-state index in [2.05, 4.69) is 23.7 Å². The van der Waals surface area contributed by atoms with Crippen LogP contribution in [-0.4, -0.2) is 66.8 Å².